The van der Waals surface area contributed by atoms with Crippen molar-refractivity contribution in [2.24, 2.45) is 0 Å². The van der Waals surface area contributed by atoms with Crippen LogP contribution >= 0.6 is 11.6 Å². The minimum absolute atomic E-state index is 0.116. The molecule has 0 bridgehead atoms. The maximum atomic E-state index is 11.9. The van der Waals surface area contributed by atoms with Crippen molar-refractivity contribution in [1.29, 1.82) is 0 Å². The lowest BCUT2D eigenvalue weighted by atomic mass is 10.1. The zero-order chi connectivity index (χ0) is 15.2. The molecule has 0 amide bonds. The molecule has 3 nitrogen and oxygen atoms in total. The molecule has 0 heterocycles. The number of halogens is 4. The molecular formula is C13H14ClF3O3. The largest absolute Gasteiger partial charge is 0.495 e. The highest BCUT2D eigenvalue weighted by atomic mass is 35.5. The normalized spacial score (nSPS) is 11.4. The molecule has 0 spiro atoms. The Labute approximate surface area is 119 Å². The maximum Gasteiger partial charge on any atom is 0.389 e. The van der Waals surface area contributed by atoms with Gasteiger partial charge in [-0.25, -0.2) is 0 Å². The lowest BCUT2D eigenvalue weighted by Gasteiger charge is -2.07. The second-order valence-electron chi connectivity index (χ2n) is 4.04. The van der Waals surface area contributed by atoms with Crippen molar-refractivity contribution >= 4 is 17.4 Å². The van der Waals surface area contributed by atoms with Crippen molar-refractivity contribution in [3.8, 4) is 5.75 Å². The third-order valence-electron chi connectivity index (χ3n) is 2.46. The average molecular weight is 311 g/mol. The number of methoxy groups -OCH3 is 1. The molecule has 0 aliphatic carbocycles. The number of hydrogen-bond donors (Lipinski definition) is 0. The molecule has 0 saturated carbocycles. The van der Waals surface area contributed by atoms with Gasteiger partial charge in [0.1, 0.15) is 12.4 Å². The van der Waals surface area contributed by atoms with E-state index in [1.54, 1.807) is 6.07 Å². The van der Waals surface area contributed by atoms with Crippen LogP contribution in [-0.2, 0) is 4.74 Å². The number of carbonyl (C=O) groups is 1. The Morgan fingerprint density at radius 2 is 2.05 bits per heavy atom. The minimum Gasteiger partial charge on any atom is -0.495 e. The summed E-state index contributed by atoms with van der Waals surface area (Å²) in [5.41, 5.74) is 0.326. The van der Waals surface area contributed by atoms with Gasteiger partial charge in [-0.2, -0.15) is 13.2 Å². The zero-order valence-electron chi connectivity index (χ0n) is 10.8. The summed E-state index contributed by atoms with van der Waals surface area (Å²) in [7, 11) is 1.45. The molecule has 20 heavy (non-hydrogen) atoms. The van der Waals surface area contributed by atoms with Crippen molar-refractivity contribution in [3.63, 3.8) is 0 Å². The van der Waals surface area contributed by atoms with Gasteiger partial charge in [-0.15, -0.1) is 0 Å². The standard InChI is InChI=1S/C13H14ClF3O3/c1-19-12-4-3-9(7-10(12)14)11(18)8-20-6-2-5-13(15,16)17/h3-4,7H,2,5-6,8H2,1H3. The van der Waals surface area contributed by atoms with E-state index in [9.17, 15) is 18.0 Å². The first kappa shape index (κ1) is 16.8. The van der Waals surface area contributed by atoms with Gasteiger partial charge in [-0.3, -0.25) is 4.79 Å². The number of benzene rings is 1. The van der Waals surface area contributed by atoms with Crippen LogP contribution in [0, 0.1) is 0 Å². The van der Waals surface area contributed by atoms with E-state index < -0.39 is 12.6 Å². The lowest BCUT2D eigenvalue weighted by Crippen LogP contribution is -2.12. The van der Waals surface area contributed by atoms with Crippen LogP contribution in [0.5, 0.6) is 5.75 Å². The van der Waals surface area contributed by atoms with Crippen LogP contribution in [0.15, 0.2) is 18.2 Å². The van der Waals surface area contributed by atoms with Crippen molar-refractivity contribution in [2.75, 3.05) is 20.3 Å². The number of rotatable bonds is 7. The van der Waals surface area contributed by atoms with Crippen LogP contribution in [0.3, 0.4) is 0 Å². The van der Waals surface area contributed by atoms with Gasteiger partial charge in [0.25, 0.3) is 0 Å². The van der Waals surface area contributed by atoms with Crippen LogP contribution in [0.4, 0.5) is 13.2 Å². The van der Waals surface area contributed by atoms with E-state index in [1.165, 1.54) is 19.2 Å². The van der Waals surface area contributed by atoms with Gasteiger partial charge in [0, 0.05) is 18.6 Å². The summed E-state index contributed by atoms with van der Waals surface area (Å²) in [6, 6.07) is 4.49. The predicted molar refractivity (Wildman–Crippen MR) is 68.4 cm³/mol. The van der Waals surface area contributed by atoms with E-state index in [1.807, 2.05) is 0 Å². The highest BCUT2D eigenvalue weighted by Gasteiger charge is 2.26. The van der Waals surface area contributed by atoms with Crippen LogP contribution in [0.1, 0.15) is 23.2 Å². The Morgan fingerprint density at radius 1 is 1.35 bits per heavy atom. The van der Waals surface area contributed by atoms with Crippen molar-refractivity contribution in [2.45, 2.75) is 19.0 Å². The van der Waals surface area contributed by atoms with Crippen molar-refractivity contribution in [1.82, 2.24) is 0 Å². The van der Waals surface area contributed by atoms with Crippen LogP contribution in [-0.4, -0.2) is 32.3 Å². The number of ether oxygens (including phenoxy) is 2. The van der Waals surface area contributed by atoms with Crippen LogP contribution < -0.4 is 4.74 Å². The fourth-order valence-corrected chi connectivity index (χ4v) is 1.72. The Kier molecular flexibility index (Phi) is 6.29. The highest BCUT2D eigenvalue weighted by molar-refractivity contribution is 6.32. The van der Waals surface area contributed by atoms with E-state index in [4.69, 9.17) is 21.1 Å². The number of ketones is 1. The first-order valence-corrected chi connectivity index (χ1v) is 6.22. The Hall–Kier alpha value is -1.27. The lowest BCUT2D eigenvalue weighted by molar-refractivity contribution is -0.137. The van der Waals surface area contributed by atoms with Crippen LogP contribution in [0.2, 0.25) is 5.02 Å². The predicted octanol–water partition coefficient (Wildman–Crippen LogP) is 3.89. The van der Waals surface area contributed by atoms with Crippen LogP contribution in [0.25, 0.3) is 0 Å². The highest BCUT2D eigenvalue weighted by Crippen LogP contribution is 2.25. The molecule has 0 aromatic heterocycles. The zero-order valence-corrected chi connectivity index (χ0v) is 11.6. The molecule has 0 unspecified atom stereocenters. The summed E-state index contributed by atoms with van der Waals surface area (Å²) >= 11 is 5.86. The number of Topliss-reactive ketones (excluding diaryl/α,β-unsaturated/α-hetero) is 1. The fraction of sp³-hybridized carbons (Fsp3) is 0.462. The van der Waals surface area contributed by atoms with Gasteiger partial charge >= 0.3 is 6.18 Å². The van der Waals surface area contributed by atoms with E-state index in [2.05, 4.69) is 0 Å². The fourth-order valence-electron chi connectivity index (χ4n) is 1.46. The SMILES string of the molecule is COc1ccc(C(=O)COCCCC(F)(F)F)cc1Cl. The smallest absolute Gasteiger partial charge is 0.389 e. The van der Waals surface area contributed by atoms with Crippen molar-refractivity contribution < 1.29 is 27.4 Å². The molecule has 1 aromatic rings. The molecule has 0 saturated heterocycles. The minimum atomic E-state index is -4.20. The molecule has 0 fully saturated rings. The van der Waals surface area contributed by atoms with Crippen molar-refractivity contribution in [3.05, 3.63) is 28.8 Å². The Balaban J connectivity index is 2.38. The number of alkyl halides is 3. The monoisotopic (exact) mass is 310 g/mol. The quantitative estimate of drug-likeness (QED) is 0.566. The van der Waals surface area contributed by atoms with E-state index in [0.29, 0.717) is 11.3 Å². The molecule has 0 aliphatic rings. The van der Waals surface area contributed by atoms with E-state index in [0.717, 1.165) is 0 Å². The first-order valence-electron chi connectivity index (χ1n) is 5.84. The second-order valence-corrected chi connectivity index (χ2v) is 4.45. The summed E-state index contributed by atoms with van der Waals surface area (Å²) in [6.07, 6.45) is -5.29. The molecule has 0 radical (unpaired) electrons. The third kappa shape index (κ3) is 5.79. The second kappa shape index (κ2) is 7.50. The molecular weight excluding hydrogens is 297 g/mol. The van der Waals surface area contributed by atoms with Gasteiger partial charge in [0.2, 0.25) is 0 Å². The molecule has 0 N–H and O–H groups in total. The maximum absolute atomic E-state index is 11.9. The molecule has 7 heteroatoms. The van der Waals surface area contributed by atoms with Gasteiger partial charge in [0.05, 0.1) is 12.1 Å². The molecule has 112 valence electrons. The molecule has 1 rings (SSSR count). The van der Waals surface area contributed by atoms with Gasteiger partial charge in [0.15, 0.2) is 5.78 Å². The van der Waals surface area contributed by atoms with Gasteiger partial charge in [-0.05, 0) is 24.6 Å². The Bertz CT molecular complexity index is 461. The Morgan fingerprint density at radius 3 is 2.60 bits per heavy atom. The number of hydrogen-bond acceptors (Lipinski definition) is 3. The summed E-state index contributed by atoms with van der Waals surface area (Å²) in [5.74, 6) is 0.0934. The van der Waals surface area contributed by atoms with E-state index >= 15 is 0 Å². The average Bonchev–Trinajstić information content (AvgIpc) is 2.36. The van der Waals surface area contributed by atoms with Gasteiger partial charge in [-0.1, -0.05) is 11.6 Å². The topological polar surface area (TPSA) is 35.5 Å². The number of carbonyl (C=O) groups excluding carboxylic acids is 1. The summed E-state index contributed by atoms with van der Waals surface area (Å²) in [6.45, 7) is -0.393. The molecule has 0 aliphatic heterocycles. The summed E-state index contributed by atoms with van der Waals surface area (Å²) in [5, 5.41) is 0.287. The first-order chi connectivity index (χ1) is 9.33. The molecule has 0 atom stereocenters. The summed E-state index contributed by atoms with van der Waals surface area (Å²) < 4.78 is 45.5. The van der Waals surface area contributed by atoms with E-state index in [-0.39, 0.29) is 30.4 Å². The summed E-state index contributed by atoms with van der Waals surface area (Å²) in [4.78, 5) is 11.7. The molecule has 1 aromatic carbocycles. The van der Waals surface area contributed by atoms with Gasteiger partial charge < -0.3 is 9.47 Å². The third-order valence-corrected chi connectivity index (χ3v) is 2.75.